The standard InChI is InChI=1S/C21H20ClFN2O3/c1-13-6-15(2-3-17(13)22)28-9-14(26)7-20-10-21(11-20,12-20)25-19(27)16-4-5-24-8-18(16)23/h2-6,8H,7,9-12H2,1H3,(H,25,27). The summed E-state index contributed by atoms with van der Waals surface area (Å²) < 4.78 is 19.3. The maximum atomic E-state index is 13.7. The number of pyridine rings is 1. The molecule has 5 nitrogen and oxygen atoms in total. The Bertz CT molecular complexity index is 943. The summed E-state index contributed by atoms with van der Waals surface area (Å²) in [5.74, 6) is -0.407. The zero-order valence-corrected chi connectivity index (χ0v) is 16.2. The van der Waals surface area contributed by atoms with E-state index in [1.54, 1.807) is 18.2 Å². The maximum Gasteiger partial charge on any atom is 0.254 e. The molecule has 0 spiro atoms. The van der Waals surface area contributed by atoms with Gasteiger partial charge in [-0.15, -0.1) is 0 Å². The molecule has 2 aromatic rings. The van der Waals surface area contributed by atoms with Gasteiger partial charge in [0, 0.05) is 23.2 Å². The van der Waals surface area contributed by atoms with Crippen LogP contribution in [0.1, 0.15) is 41.6 Å². The molecular formula is C21H20ClFN2O3. The minimum atomic E-state index is -0.633. The van der Waals surface area contributed by atoms with Gasteiger partial charge in [0.1, 0.15) is 12.4 Å². The fourth-order valence-corrected chi connectivity index (χ4v) is 4.64. The number of hydrogen-bond acceptors (Lipinski definition) is 4. The Hall–Kier alpha value is -2.47. The van der Waals surface area contributed by atoms with E-state index in [2.05, 4.69) is 10.3 Å². The monoisotopic (exact) mass is 402 g/mol. The molecule has 3 aliphatic carbocycles. The second-order valence-corrected chi connectivity index (χ2v) is 8.44. The Balaban J connectivity index is 1.25. The van der Waals surface area contributed by atoms with Crippen molar-refractivity contribution in [2.75, 3.05) is 6.61 Å². The number of Topliss-reactive ketones (excluding diaryl/α,β-unsaturated/α-hetero) is 1. The number of ether oxygens (including phenoxy) is 1. The van der Waals surface area contributed by atoms with E-state index in [4.69, 9.17) is 16.3 Å². The second kappa shape index (κ2) is 6.85. The second-order valence-electron chi connectivity index (χ2n) is 8.04. The average Bonchev–Trinajstić information content (AvgIpc) is 2.60. The molecule has 146 valence electrons. The number of amides is 1. The van der Waals surface area contributed by atoms with E-state index >= 15 is 0 Å². The Kier molecular flexibility index (Phi) is 4.62. The van der Waals surface area contributed by atoms with Gasteiger partial charge in [0.25, 0.3) is 5.91 Å². The summed E-state index contributed by atoms with van der Waals surface area (Å²) in [5, 5.41) is 3.58. The van der Waals surface area contributed by atoms with E-state index < -0.39 is 11.7 Å². The summed E-state index contributed by atoms with van der Waals surface area (Å²) in [6.07, 6.45) is 5.07. The first kappa shape index (κ1) is 18.9. The number of carbonyl (C=O) groups is 2. The third-order valence-corrected chi connectivity index (χ3v) is 6.06. The first-order valence-corrected chi connectivity index (χ1v) is 9.50. The van der Waals surface area contributed by atoms with Gasteiger partial charge in [0.2, 0.25) is 0 Å². The minimum Gasteiger partial charge on any atom is -0.486 e. The van der Waals surface area contributed by atoms with Gasteiger partial charge in [-0.3, -0.25) is 14.6 Å². The van der Waals surface area contributed by atoms with Crippen LogP contribution >= 0.6 is 11.6 Å². The Morgan fingerprint density at radius 1 is 1.29 bits per heavy atom. The summed E-state index contributed by atoms with van der Waals surface area (Å²) in [4.78, 5) is 28.2. The molecular weight excluding hydrogens is 383 g/mol. The number of rotatable bonds is 7. The molecule has 2 bridgehead atoms. The highest BCUT2D eigenvalue weighted by Crippen LogP contribution is 2.69. The molecule has 1 aromatic carbocycles. The van der Waals surface area contributed by atoms with E-state index in [1.165, 1.54) is 12.3 Å². The van der Waals surface area contributed by atoms with Crippen LogP contribution in [0.4, 0.5) is 4.39 Å². The average molecular weight is 403 g/mol. The molecule has 3 saturated carbocycles. The number of nitrogens with zero attached hydrogens (tertiary/aromatic N) is 1. The van der Waals surface area contributed by atoms with Gasteiger partial charge >= 0.3 is 0 Å². The normalized spacial score (nSPS) is 24.7. The van der Waals surface area contributed by atoms with Gasteiger partial charge in [0.15, 0.2) is 11.6 Å². The van der Waals surface area contributed by atoms with Crippen LogP contribution in [0.2, 0.25) is 5.02 Å². The summed E-state index contributed by atoms with van der Waals surface area (Å²) in [7, 11) is 0. The van der Waals surface area contributed by atoms with Crippen LogP contribution in [-0.2, 0) is 4.79 Å². The van der Waals surface area contributed by atoms with Crippen molar-refractivity contribution in [3.63, 3.8) is 0 Å². The molecule has 28 heavy (non-hydrogen) atoms. The Labute approximate surface area is 167 Å². The van der Waals surface area contributed by atoms with Crippen molar-refractivity contribution in [1.82, 2.24) is 10.3 Å². The predicted molar refractivity (Wildman–Crippen MR) is 102 cm³/mol. The highest BCUT2D eigenvalue weighted by atomic mass is 35.5. The zero-order chi connectivity index (χ0) is 19.9. The minimum absolute atomic E-state index is 0.00323. The molecule has 7 heteroatoms. The van der Waals surface area contributed by atoms with Crippen LogP contribution in [0.5, 0.6) is 5.75 Å². The quantitative estimate of drug-likeness (QED) is 0.763. The fraction of sp³-hybridized carbons (Fsp3) is 0.381. The fourth-order valence-electron chi connectivity index (χ4n) is 4.53. The first-order chi connectivity index (χ1) is 13.3. The first-order valence-electron chi connectivity index (χ1n) is 9.13. The van der Waals surface area contributed by atoms with Crippen LogP contribution in [-0.4, -0.2) is 28.8 Å². The van der Waals surface area contributed by atoms with Crippen molar-refractivity contribution < 1.29 is 18.7 Å². The molecule has 5 rings (SSSR count). The van der Waals surface area contributed by atoms with Gasteiger partial charge in [-0.1, -0.05) is 11.6 Å². The van der Waals surface area contributed by atoms with E-state index in [-0.39, 0.29) is 28.9 Å². The number of hydrogen-bond donors (Lipinski definition) is 1. The van der Waals surface area contributed by atoms with Crippen LogP contribution in [0.25, 0.3) is 0 Å². The van der Waals surface area contributed by atoms with Crippen molar-refractivity contribution in [3.8, 4) is 5.75 Å². The van der Waals surface area contributed by atoms with Crippen molar-refractivity contribution in [2.45, 2.75) is 38.1 Å². The van der Waals surface area contributed by atoms with Crippen molar-refractivity contribution >= 4 is 23.3 Å². The van der Waals surface area contributed by atoms with Gasteiger partial charge in [-0.05, 0) is 61.4 Å². The molecule has 0 aliphatic heterocycles. The Morgan fingerprint density at radius 3 is 2.71 bits per heavy atom. The summed E-state index contributed by atoms with van der Waals surface area (Å²) >= 11 is 5.98. The maximum absolute atomic E-state index is 13.7. The molecule has 0 unspecified atom stereocenters. The summed E-state index contributed by atoms with van der Waals surface area (Å²) in [6.45, 7) is 1.90. The number of nitrogens with one attached hydrogen (secondary N) is 1. The molecule has 1 N–H and O–H groups in total. The number of aryl methyl sites for hydroxylation is 1. The molecule has 1 amide bonds. The lowest BCUT2D eigenvalue weighted by Crippen LogP contribution is -2.75. The van der Waals surface area contributed by atoms with E-state index in [0.717, 1.165) is 31.0 Å². The molecule has 3 fully saturated rings. The summed E-state index contributed by atoms with van der Waals surface area (Å²) in [5.41, 5.74) is 0.535. The van der Waals surface area contributed by atoms with Gasteiger partial charge in [0.05, 0.1) is 11.8 Å². The lowest BCUT2D eigenvalue weighted by molar-refractivity contribution is -0.162. The third kappa shape index (κ3) is 3.49. The molecule has 0 saturated heterocycles. The van der Waals surface area contributed by atoms with Gasteiger partial charge < -0.3 is 10.1 Å². The van der Waals surface area contributed by atoms with Gasteiger partial charge in [-0.25, -0.2) is 4.39 Å². The van der Waals surface area contributed by atoms with Crippen LogP contribution < -0.4 is 10.1 Å². The smallest absolute Gasteiger partial charge is 0.254 e. The highest BCUT2D eigenvalue weighted by molar-refractivity contribution is 6.31. The lowest BCUT2D eigenvalue weighted by Gasteiger charge is -2.70. The SMILES string of the molecule is Cc1cc(OCC(=O)CC23CC(NC(=O)c4ccncc4F)(C2)C3)ccc1Cl. The van der Waals surface area contributed by atoms with E-state index in [1.807, 2.05) is 6.92 Å². The Morgan fingerprint density at radius 2 is 2.04 bits per heavy atom. The van der Waals surface area contributed by atoms with E-state index in [0.29, 0.717) is 17.2 Å². The summed E-state index contributed by atoms with van der Waals surface area (Å²) in [6, 6.07) is 6.66. The molecule has 0 atom stereocenters. The number of ketones is 1. The zero-order valence-electron chi connectivity index (χ0n) is 15.4. The third-order valence-electron chi connectivity index (χ3n) is 5.64. The number of carbonyl (C=O) groups excluding carboxylic acids is 2. The largest absolute Gasteiger partial charge is 0.486 e. The highest BCUT2D eigenvalue weighted by Gasteiger charge is 2.68. The van der Waals surface area contributed by atoms with Crippen molar-refractivity contribution in [2.24, 2.45) is 5.41 Å². The molecule has 1 heterocycles. The van der Waals surface area contributed by atoms with Crippen LogP contribution in [0.3, 0.4) is 0 Å². The molecule has 1 aromatic heterocycles. The lowest BCUT2D eigenvalue weighted by atomic mass is 9.38. The van der Waals surface area contributed by atoms with E-state index in [9.17, 15) is 14.0 Å². The number of halogens is 2. The molecule has 3 aliphatic rings. The predicted octanol–water partition coefficient (Wildman–Crippen LogP) is 3.87. The van der Waals surface area contributed by atoms with Crippen molar-refractivity contribution in [1.29, 1.82) is 0 Å². The molecule has 0 radical (unpaired) electrons. The topological polar surface area (TPSA) is 68.3 Å². The van der Waals surface area contributed by atoms with Crippen LogP contribution in [0, 0.1) is 18.2 Å². The van der Waals surface area contributed by atoms with Crippen molar-refractivity contribution in [3.05, 3.63) is 58.6 Å². The van der Waals surface area contributed by atoms with Gasteiger partial charge in [-0.2, -0.15) is 0 Å². The number of aromatic nitrogens is 1. The van der Waals surface area contributed by atoms with Crippen LogP contribution in [0.15, 0.2) is 36.7 Å². The number of benzene rings is 1.